The molecule has 0 bridgehead atoms. The maximum Gasteiger partial charge on any atom is 0.293 e. The first-order valence-corrected chi connectivity index (χ1v) is 4.67. The second kappa shape index (κ2) is 5.18. The highest BCUT2D eigenvalue weighted by Gasteiger charge is 2.28. The van der Waals surface area contributed by atoms with Gasteiger partial charge in [-0.15, -0.1) is 0 Å². The lowest BCUT2D eigenvalue weighted by Gasteiger charge is -2.31. The number of rotatable bonds is 6. The van der Waals surface area contributed by atoms with Crippen LogP contribution in [-0.2, 0) is 9.53 Å². The van der Waals surface area contributed by atoms with Crippen molar-refractivity contribution in [1.29, 1.82) is 0 Å². The van der Waals surface area contributed by atoms with Gasteiger partial charge in [0, 0.05) is 5.41 Å². The average molecular weight is 172 g/mol. The first kappa shape index (κ1) is 11.5. The van der Waals surface area contributed by atoms with Crippen molar-refractivity contribution in [3.8, 4) is 0 Å². The molecule has 0 aromatic heterocycles. The van der Waals surface area contributed by atoms with E-state index >= 15 is 0 Å². The highest BCUT2D eigenvalue weighted by Crippen LogP contribution is 2.30. The van der Waals surface area contributed by atoms with Crippen molar-refractivity contribution in [3.63, 3.8) is 0 Å². The van der Waals surface area contributed by atoms with E-state index in [4.69, 9.17) is 4.74 Å². The molecule has 0 saturated heterocycles. The molecule has 0 spiro atoms. The van der Waals surface area contributed by atoms with Gasteiger partial charge in [-0.1, -0.05) is 34.1 Å². The molecule has 0 radical (unpaired) electrons. The smallest absolute Gasteiger partial charge is 0.293 e. The van der Waals surface area contributed by atoms with Crippen LogP contribution in [0.5, 0.6) is 0 Å². The molecule has 72 valence electrons. The second-order valence-electron chi connectivity index (χ2n) is 3.87. The first-order chi connectivity index (χ1) is 5.58. The summed E-state index contributed by atoms with van der Waals surface area (Å²) >= 11 is 0. The Bertz CT molecular complexity index is 130. The molecule has 0 amide bonds. The molecule has 1 unspecified atom stereocenters. The number of carbonyl (C=O) groups excluding carboxylic acids is 1. The molecule has 0 N–H and O–H groups in total. The molecule has 0 saturated carbocycles. The van der Waals surface area contributed by atoms with E-state index < -0.39 is 0 Å². The van der Waals surface area contributed by atoms with Crippen LogP contribution in [-0.4, -0.2) is 12.6 Å². The van der Waals surface area contributed by atoms with E-state index in [-0.39, 0.29) is 11.5 Å². The molecule has 0 fully saturated rings. The summed E-state index contributed by atoms with van der Waals surface area (Å²) in [6, 6.07) is 0. The Balaban J connectivity index is 4.14. The van der Waals surface area contributed by atoms with Gasteiger partial charge in [-0.05, 0) is 12.8 Å². The Morgan fingerprint density at radius 3 is 2.33 bits per heavy atom. The lowest BCUT2D eigenvalue weighted by Crippen LogP contribution is -2.31. The summed E-state index contributed by atoms with van der Waals surface area (Å²) in [5.41, 5.74) is 0.115. The van der Waals surface area contributed by atoms with Gasteiger partial charge in [-0.2, -0.15) is 0 Å². The SMILES string of the molecule is CCCC(C)(C)C(CC)OC=O. The summed E-state index contributed by atoms with van der Waals surface area (Å²) in [7, 11) is 0. The maximum atomic E-state index is 10.2. The number of carbonyl (C=O) groups is 1. The summed E-state index contributed by atoms with van der Waals surface area (Å²) < 4.78 is 5.03. The van der Waals surface area contributed by atoms with Crippen molar-refractivity contribution >= 4 is 6.47 Å². The third-order valence-electron chi connectivity index (χ3n) is 2.36. The predicted octanol–water partition coefficient (Wildman–Crippen LogP) is 2.76. The van der Waals surface area contributed by atoms with Crippen LogP contribution in [0.2, 0.25) is 0 Å². The van der Waals surface area contributed by atoms with Gasteiger partial charge in [-0.3, -0.25) is 4.79 Å². The maximum absolute atomic E-state index is 10.2. The van der Waals surface area contributed by atoms with Crippen molar-refractivity contribution in [3.05, 3.63) is 0 Å². The zero-order chi connectivity index (χ0) is 9.61. The van der Waals surface area contributed by atoms with Gasteiger partial charge >= 0.3 is 0 Å². The van der Waals surface area contributed by atoms with Crippen molar-refractivity contribution in [2.45, 2.75) is 53.1 Å². The van der Waals surface area contributed by atoms with Crippen LogP contribution in [0, 0.1) is 5.41 Å². The largest absolute Gasteiger partial charge is 0.464 e. The van der Waals surface area contributed by atoms with Gasteiger partial charge in [0.05, 0.1) is 0 Å². The van der Waals surface area contributed by atoms with Gasteiger partial charge in [0.25, 0.3) is 6.47 Å². The van der Waals surface area contributed by atoms with Crippen LogP contribution in [0.25, 0.3) is 0 Å². The van der Waals surface area contributed by atoms with Crippen LogP contribution in [0.3, 0.4) is 0 Å². The van der Waals surface area contributed by atoms with Gasteiger partial charge in [0.2, 0.25) is 0 Å². The Kier molecular flexibility index (Phi) is 4.95. The van der Waals surface area contributed by atoms with Crippen LogP contribution < -0.4 is 0 Å². The number of hydrogen-bond acceptors (Lipinski definition) is 2. The van der Waals surface area contributed by atoms with E-state index in [0.29, 0.717) is 6.47 Å². The van der Waals surface area contributed by atoms with Gasteiger partial charge < -0.3 is 4.74 Å². The van der Waals surface area contributed by atoms with Crippen molar-refractivity contribution < 1.29 is 9.53 Å². The fourth-order valence-electron chi connectivity index (χ4n) is 1.71. The van der Waals surface area contributed by atoms with Crippen LogP contribution in [0.1, 0.15) is 47.0 Å². The average Bonchev–Trinajstić information content (AvgIpc) is 1.99. The summed E-state index contributed by atoms with van der Waals surface area (Å²) in [5, 5.41) is 0. The molecule has 12 heavy (non-hydrogen) atoms. The van der Waals surface area contributed by atoms with E-state index in [1.54, 1.807) is 0 Å². The summed E-state index contributed by atoms with van der Waals surface area (Å²) in [6.07, 6.45) is 3.19. The molecule has 1 atom stereocenters. The van der Waals surface area contributed by atoms with E-state index in [2.05, 4.69) is 20.8 Å². The highest BCUT2D eigenvalue weighted by atomic mass is 16.5. The fourth-order valence-corrected chi connectivity index (χ4v) is 1.71. The molecule has 2 nitrogen and oxygen atoms in total. The molecule has 0 aliphatic carbocycles. The van der Waals surface area contributed by atoms with Crippen LogP contribution >= 0.6 is 0 Å². The van der Waals surface area contributed by atoms with E-state index in [1.165, 1.54) is 0 Å². The van der Waals surface area contributed by atoms with Crippen molar-refractivity contribution in [2.75, 3.05) is 0 Å². The van der Waals surface area contributed by atoms with E-state index in [1.807, 2.05) is 6.92 Å². The Hall–Kier alpha value is -0.530. The first-order valence-electron chi connectivity index (χ1n) is 4.67. The minimum Gasteiger partial charge on any atom is -0.464 e. The zero-order valence-corrected chi connectivity index (χ0v) is 8.59. The quantitative estimate of drug-likeness (QED) is 0.576. The monoisotopic (exact) mass is 172 g/mol. The lowest BCUT2D eigenvalue weighted by atomic mass is 9.81. The van der Waals surface area contributed by atoms with Gasteiger partial charge in [0.1, 0.15) is 6.10 Å². The normalized spacial score (nSPS) is 14.0. The Labute approximate surface area is 75.3 Å². The van der Waals surface area contributed by atoms with Crippen LogP contribution in [0.15, 0.2) is 0 Å². The topological polar surface area (TPSA) is 26.3 Å². The predicted molar refractivity (Wildman–Crippen MR) is 49.9 cm³/mol. The standard InChI is InChI=1S/C10H20O2/c1-5-7-10(3,4)9(6-2)12-8-11/h8-9H,5-7H2,1-4H3. The molecular formula is C10H20O2. The minimum atomic E-state index is 0.0648. The summed E-state index contributed by atoms with van der Waals surface area (Å²) in [4.78, 5) is 10.2. The lowest BCUT2D eigenvalue weighted by molar-refractivity contribution is -0.140. The Morgan fingerprint density at radius 1 is 1.42 bits per heavy atom. The molecule has 0 rings (SSSR count). The highest BCUT2D eigenvalue weighted by molar-refractivity contribution is 5.37. The second-order valence-corrected chi connectivity index (χ2v) is 3.87. The molecule has 0 aromatic rings. The van der Waals surface area contributed by atoms with Crippen molar-refractivity contribution in [1.82, 2.24) is 0 Å². The number of hydrogen-bond donors (Lipinski definition) is 0. The minimum absolute atomic E-state index is 0.0648. The molecule has 0 heterocycles. The number of ether oxygens (including phenoxy) is 1. The molecule has 0 aliphatic heterocycles. The third-order valence-corrected chi connectivity index (χ3v) is 2.36. The molecule has 2 heteroatoms. The van der Waals surface area contributed by atoms with E-state index in [0.717, 1.165) is 19.3 Å². The van der Waals surface area contributed by atoms with Crippen LogP contribution in [0.4, 0.5) is 0 Å². The van der Waals surface area contributed by atoms with Gasteiger partial charge in [-0.25, -0.2) is 0 Å². The molecular weight excluding hydrogens is 152 g/mol. The molecule has 0 aliphatic rings. The summed E-state index contributed by atoms with van der Waals surface area (Å²) in [5.74, 6) is 0. The molecule has 0 aromatic carbocycles. The van der Waals surface area contributed by atoms with Crippen molar-refractivity contribution in [2.24, 2.45) is 5.41 Å². The summed E-state index contributed by atoms with van der Waals surface area (Å²) in [6.45, 7) is 9.05. The fraction of sp³-hybridized carbons (Fsp3) is 0.900. The Morgan fingerprint density at radius 2 is 2.00 bits per heavy atom. The zero-order valence-electron chi connectivity index (χ0n) is 8.59. The van der Waals surface area contributed by atoms with Gasteiger partial charge in [0.15, 0.2) is 0 Å². The third kappa shape index (κ3) is 3.24. The van der Waals surface area contributed by atoms with E-state index in [9.17, 15) is 4.79 Å².